The van der Waals surface area contributed by atoms with Gasteiger partial charge < -0.3 is 19.7 Å². The summed E-state index contributed by atoms with van der Waals surface area (Å²) < 4.78 is 10.9. The fraction of sp³-hybridized carbons (Fsp3) is 0.462. The van der Waals surface area contributed by atoms with E-state index in [4.69, 9.17) is 9.47 Å². The van der Waals surface area contributed by atoms with Crippen molar-refractivity contribution < 1.29 is 19.1 Å². The molecule has 0 aliphatic heterocycles. The third-order valence-electron chi connectivity index (χ3n) is 5.46. The number of methoxy groups -OCH3 is 1. The molecule has 0 saturated carbocycles. The van der Waals surface area contributed by atoms with Crippen LogP contribution in [0.3, 0.4) is 0 Å². The highest BCUT2D eigenvalue weighted by Crippen LogP contribution is 2.18. The summed E-state index contributed by atoms with van der Waals surface area (Å²) in [5, 5.41) is 2.95. The lowest BCUT2D eigenvalue weighted by molar-refractivity contribution is -0.140. The predicted octanol–water partition coefficient (Wildman–Crippen LogP) is 4.50. The Hall–Kier alpha value is -3.02. The largest absolute Gasteiger partial charge is 0.497 e. The van der Waals surface area contributed by atoms with Crippen molar-refractivity contribution >= 4 is 11.8 Å². The van der Waals surface area contributed by atoms with E-state index in [-0.39, 0.29) is 11.8 Å². The maximum Gasteiger partial charge on any atom is 0.242 e. The second-order valence-corrected chi connectivity index (χ2v) is 7.90. The molecule has 2 amide bonds. The molecular weight excluding hydrogens is 404 g/mol. The Kier molecular flexibility index (Phi) is 10.6. The van der Waals surface area contributed by atoms with E-state index in [1.165, 1.54) is 0 Å². The first-order chi connectivity index (χ1) is 15.5. The lowest BCUT2D eigenvalue weighted by Gasteiger charge is -2.29. The van der Waals surface area contributed by atoms with Gasteiger partial charge in [0.25, 0.3) is 0 Å². The van der Waals surface area contributed by atoms with Crippen molar-refractivity contribution in [1.82, 2.24) is 10.2 Å². The van der Waals surface area contributed by atoms with Gasteiger partial charge in [-0.05, 0) is 62.1 Å². The Morgan fingerprint density at radius 2 is 1.72 bits per heavy atom. The number of carbonyl (C=O) groups is 2. The molecule has 0 fully saturated rings. The molecule has 0 aliphatic carbocycles. The highest BCUT2D eigenvalue weighted by atomic mass is 16.5. The third kappa shape index (κ3) is 7.91. The van der Waals surface area contributed by atoms with Crippen LogP contribution in [0.1, 0.15) is 50.7 Å². The molecule has 2 aromatic carbocycles. The summed E-state index contributed by atoms with van der Waals surface area (Å²) in [4.78, 5) is 27.4. The lowest BCUT2D eigenvalue weighted by Crippen LogP contribution is -2.47. The van der Waals surface area contributed by atoms with E-state index in [2.05, 4.69) is 12.2 Å². The Labute approximate surface area is 191 Å². The number of hydrogen-bond acceptors (Lipinski definition) is 4. The van der Waals surface area contributed by atoms with Gasteiger partial charge in [0.05, 0.1) is 13.7 Å². The minimum absolute atomic E-state index is 0.0512. The van der Waals surface area contributed by atoms with Crippen LogP contribution in [-0.2, 0) is 16.1 Å². The Morgan fingerprint density at radius 3 is 2.38 bits per heavy atom. The normalized spacial score (nSPS) is 11.5. The second-order valence-electron chi connectivity index (χ2n) is 7.90. The topological polar surface area (TPSA) is 67.9 Å². The van der Waals surface area contributed by atoms with Crippen LogP contribution < -0.4 is 14.8 Å². The zero-order chi connectivity index (χ0) is 23.3. The molecule has 1 unspecified atom stereocenters. The summed E-state index contributed by atoms with van der Waals surface area (Å²) in [6.45, 7) is 7.36. The highest BCUT2D eigenvalue weighted by Gasteiger charge is 2.26. The number of amides is 2. The van der Waals surface area contributed by atoms with Gasteiger partial charge in [0.15, 0.2) is 0 Å². The first-order valence-corrected chi connectivity index (χ1v) is 11.3. The molecule has 0 bridgehead atoms. The smallest absolute Gasteiger partial charge is 0.242 e. The van der Waals surface area contributed by atoms with Crippen LogP contribution in [-0.4, -0.2) is 43.0 Å². The molecule has 0 heterocycles. The van der Waals surface area contributed by atoms with Crippen molar-refractivity contribution in [2.45, 2.75) is 59.0 Å². The maximum atomic E-state index is 13.1. The Balaban J connectivity index is 1.97. The molecular formula is C26H36N2O4. The van der Waals surface area contributed by atoms with Crippen LogP contribution in [0.2, 0.25) is 0 Å². The fourth-order valence-electron chi connectivity index (χ4n) is 3.32. The van der Waals surface area contributed by atoms with E-state index >= 15 is 0 Å². The van der Waals surface area contributed by atoms with Gasteiger partial charge in [-0.15, -0.1) is 0 Å². The summed E-state index contributed by atoms with van der Waals surface area (Å²) in [5.74, 6) is 1.34. The van der Waals surface area contributed by atoms with Crippen molar-refractivity contribution in [1.29, 1.82) is 0 Å². The molecule has 0 radical (unpaired) electrons. The molecule has 0 aromatic heterocycles. The van der Waals surface area contributed by atoms with E-state index in [1.54, 1.807) is 18.9 Å². The van der Waals surface area contributed by atoms with Crippen LogP contribution in [0.5, 0.6) is 11.5 Å². The molecule has 0 spiro atoms. The number of nitrogens with one attached hydrogen (secondary N) is 1. The van der Waals surface area contributed by atoms with Crippen molar-refractivity contribution in [3.8, 4) is 11.5 Å². The number of aryl methyl sites for hydroxylation is 1. The molecule has 2 aromatic rings. The van der Waals surface area contributed by atoms with Crippen molar-refractivity contribution in [2.24, 2.45) is 0 Å². The average Bonchev–Trinajstić information content (AvgIpc) is 2.81. The number of nitrogens with zero attached hydrogens (tertiary/aromatic N) is 1. The third-order valence-corrected chi connectivity index (χ3v) is 5.46. The van der Waals surface area contributed by atoms with E-state index in [1.807, 2.05) is 55.5 Å². The van der Waals surface area contributed by atoms with E-state index in [0.717, 1.165) is 35.5 Å². The monoisotopic (exact) mass is 440 g/mol. The van der Waals surface area contributed by atoms with Crippen LogP contribution in [0, 0.1) is 6.92 Å². The Bertz CT molecular complexity index is 851. The van der Waals surface area contributed by atoms with Gasteiger partial charge in [0.1, 0.15) is 17.5 Å². The SMILES string of the molecule is CCCCNC(=O)C(C)N(Cc1ccccc1C)C(=O)CCCOc1ccc(OC)cc1. The van der Waals surface area contributed by atoms with Crippen LogP contribution in [0.15, 0.2) is 48.5 Å². The Morgan fingerprint density at radius 1 is 1.03 bits per heavy atom. The zero-order valence-corrected chi connectivity index (χ0v) is 19.7. The standard InChI is InChI=1S/C26H36N2O4/c1-5-6-17-27-26(30)21(3)28(19-22-11-8-7-10-20(22)2)25(29)12-9-18-32-24-15-13-23(31-4)14-16-24/h7-8,10-11,13-16,21H,5-6,9,12,17-19H2,1-4H3,(H,27,30). The van der Waals surface area contributed by atoms with E-state index < -0.39 is 6.04 Å². The molecule has 6 heteroatoms. The molecule has 6 nitrogen and oxygen atoms in total. The quantitative estimate of drug-likeness (QED) is 0.466. The highest BCUT2D eigenvalue weighted by molar-refractivity contribution is 5.87. The number of unbranched alkanes of at least 4 members (excludes halogenated alkanes) is 1. The lowest BCUT2D eigenvalue weighted by atomic mass is 10.1. The van der Waals surface area contributed by atoms with Gasteiger partial charge in [0, 0.05) is 19.5 Å². The van der Waals surface area contributed by atoms with Crippen LogP contribution >= 0.6 is 0 Å². The van der Waals surface area contributed by atoms with Gasteiger partial charge in [-0.1, -0.05) is 37.6 Å². The average molecular weight is 441 g/mol. The molecule has 0 aliphatic rings. The second kappa shape index (κ2) is 13.4. The molecule has 32 heavy (non-hydrogen) atoms. The maximum absolute atomic E-state index is 13.1. The molecule has 1 N–H and O–H groups in total. The molecule has 0 saturated heterocycles. The summed E-state index contributed by atoms with van der Waals surface area (Å²) in [6.07, 6.45) is 2.82. The summed E-state index contributed by atoms with van der Waals surface area (Å²) in [5.41, 5.74) is 2.15. The van der Waals surface area contributed by atoms with Crippen LogP contribution in [0.25, 0.3) is 0 Å². The number of carbonyl (C=O) groups excluding carboxylic acids is 2. The zero-order valence-electron chi connectivity index (χ0n) is 19.7. The number of ether oxygens (including phenoxy) is 2. The van der Waals surface area contributed by atoms with Gasteiger partial charge in [-0.2, -0.15) is 0 Å². The van der Waals surface area contributed by atoms with Crippen molar-refractivity contribution in [2.75, 3.05) is 20.3 Å². The first kappa shape index (κ1) is 25.2. The number of benzene rings is 2. The van der Waals surface area contributed by atoms with Crippen molar-refractivity contribution in [3.05, 3.63) is 59.7 Å². The number of rotatable bonds is 13. The summed E-state index contributed by atoms with van der Waals surface area (Å²) in [7, 11) is 1.62. The summed E-state index contributed by atoms with van der Waals surface area (Å²) >= 11 is 0. The van der Waals surface area contributed by atoms with Gasteiger partial charge >= 0.3 is 0 Å². The minimum atomic E-state index is -0.540. The molecule has 174 valence electrons. The minimum Gasteiger partial charge on any atom is -0.497 e. The van der Waals surface area contributed by atoms with Crippen molar-refractivity contribution in [3.63, 3.8) is 0 Å². The van der Waals surface area contributed by atoms with Gasteiger partial charge in [0.2, 0.25) is 11.8 Å². The fourth-order valence-corrected chi connectivity index (χ4v) is 3.32. The predicted molar refractivity (Wildman–Crippen MR) is 127 cm³/mol. The molecule has 1 atom stereocenters. The van der Waals surface area contributed by atoms with Crippen LogP contribution in [0.4, 0.5) is 0 Å². The van der Waals surface area contributed by atoms with Gasteiger partial charge in [-0.25, -0.2) is 0 Å². The van der Waals surface area contributed by atoms with E-state index in [0.29, 0.717) is 32.5 Å². The first-order valence-electron chi connectivity index (χ1n) is 11.3. The van der Waals surface area contributed by atoms with E-state index in [9.17, 15) is 9.59 Å². The molecule has 2 rings (SSSR count). The van der Waals surface area contributed by atoms with Gasteiger partial charge in [-0.3, -0.25) is 9.59 Å². The summed E-state index contributed by atoms with van der Waals surface area (Å²) in [6, 6.07) is 14.8. The number of hydrogen-bond donors (Lipinski definition) is 1.